The van der Waals surface area contributed by atoms with E-state index in [9.17, 15) is 27.5 Å². The molecular formula is C26H22F4N6O3. The Hall–Kier alpha value is -4.70. The van der Waals surface area contributed by atoms with Crippen molar-refractivity contribution in [3.8, 4) is 23.2 Å². The number of fused-ring (bicyclic) bond motifs is 1. The van der Waals surface area contributed by atoms with Crippen LogP contribution in [0.1, 0.15) is 29.8 Å². The Bertz CT molecular complexity index is 1560. The molecule has 1 amide bonds. The van der Waals surface area contributed by atoms with E-state index in [1.54, 1.807) is 18.2 Å². The van der Waals surface area contributed by atoms with Crippen molar-refractivity contribution in [1.29, 1.82) is 5.26 Å². The van der Waals surface area contributed by atoms with Crippen molar-refractivity contribution >= 4 is 22.8 Å². The third kappa shape index (κ3) is 6.60. The Morgan fingerprint density at radius 2 is 1.95 bits per heavy atom. The predicted molar refractivity (Wildman–Crippen MR) is 133 cm³/mol. The number of amides is 1. The van der Waals surface area contributed by atoms with Gasteiger partial charge in [-0.1, -0.05) is 6.07 Å². The first-order valence-corrected chi connectivity index (χ1v) is 11.5. The van der Waals surface area contributed by atoms with Gasteiger partial charge in [-0.15, -0.1) is 13.2 Å². The number of carbonyl (C=O) groups excluding carboxylic acids is 1. The van der Waals surface area contributed by atoms with Crippen molar-refractivity contribution in [2.24, 2.45) is 0 Å². The average Bonchev–Trinajstić information content (AvgIpc) is 3.29. The lowest BCUT2D eigenvalue weighted by Crippen LogP contribution is -2.42. The quantitative estimate of drug-likeness (QED) is 0.275. The van der Waals surface area contributed by atoms with E-state index in [-0.39, 0.29) is 16.9 Å². The third-order valence-corrected chi connectivity index (χ3v) is 5.60. The van der Waals surface area contributed by atoms with Crippen molar-refractivity contribution in [1.82, 2.24) is 19.9 Å². The molecule has 0 spiro atoms. The van der Waals surface area contributed by atoms with Gasteiger partial charge < -0.3 is 20.5 Å². The largest absolute Gasteiger partial charge is 0.573 e. The third-order valence-electron chi connectivity index (χ3n) is 5.60. The number of nitrogens with zero attached hydrogens (tertiary/aromatic N) is 4. The highest BCUT2D eigenvalue weighted by molar-refractivity contribution is 6.00. The van der Waals surface area contributed by atoms with Crippen LogP contribution in [0.25, 0.3) is 16.9 Å². The molecule has 0 aliphatic carbocycles. The molecule has 3 heterocycles. The van der Waals surface area contributed by atoms with Crippen molar-refractivity contribution in [2.75, 3.05) is 11.9 Å². The van der Waals surface area contributed by atoms with Crippen molar-refractivity contribution in [2.45, 2.75) is 32.0 Å². The lowest BCUT2D eigenvalue weighted by molar-refractivity contribution is -0.274. The molecule has 0 aliphatic rings. The topological polar surface area (TPSA) is 125 Å². The molecule has 0 bridgehead atoms. The number of benzene rings is 1. The van der Waals surface area contributed by atoms with Gasteiger partial charge in [-0.2, -0.15) is 10.4 Å². The van der Waals surface area contributed by atoms with Gasteiger partial charge in [-0.05, 0) is 50.2 Å². The molecule has 3 aromatic heterocycles. The normalized spacial score (nSPS) is 12.6. The fourth-order valence-electron chi connectivity index (χ4n) is 3.59. The van der Waals surface area contributed by atoms with Gasteiger partial charge in [-0.3, -0.25) is 9.78 Å². The Morgan fingerprint density at radius 3 is 2.64 bits per heavy atom. The maximum absolute atomic E-state index is 14.2. The van der Waals surface area contributed by atoms with Gasteiger partial charge in [0.1, 0.15) is 18.0 Å². The summed E-state index contributed by atoms with van der Waals surface area (Å²) in [6.07, 6.45) is -4.06. The van der Waals surface area contributed by atoms with Gasteiger partial charge >= 0.3 is 6.36 Å². The molecule has 1 atom stereocenters. The maximum atomic E-state index is 14.2. The number of carbonyl (C=O) groups is 1. The number of halogens is 4. The van der Waals surface area contributed by atoms with Crippen molar-refractivity contribution in [3.05, 3.63) is 72.1 Å². The summed E-state index contributed by atoms with van der Waals surface area (Å²) in [5.41, 5.74) is 0.392. The highest BCUT2D eigenvalue weighted by atomic mass is 19.4. The number of rotatable bonds is 8. The Kier molecular flexibility index (Phi) is 7.42. The standard InChI is InChI=1S/C26H22F4N6O3/c1-25(2,38)23(27)14-33-24(37)19-13-32-21(22-7-6-17-8-15(11-31)12-34-36(17)22)10-20(19)35-16-4-3-5-18(9-16)39-26(28,29)30/h3-10,12-13,23,38H,14H2,1-2H3,(H,32,35)(H,33,37). The van der Waals surface area contributed by atoms with Crippen LogP contribution in [-0.2, 0) is 0 Å². The second-order valence-electron chi connectivity index (χ2n) is 9.06. The molecule has 4 aromatic rings. The number of aromatic nitrogens is 3. The van der Waals surface area contributed by atoms with Gasteiger partial charge in [0.15, 0.2) is 0 Å². The summed E-state index contributed by atoms with van der Waals surface area (Å²) >= 11 is 0. The molecule has 4 rings (SSSR count). The summed E-state index contributed by atoms with van der Waals surface area (Å²) in [5, 5.41) is 28.5. The molecule has 1 aromatic carbocycles. The van der Waals surface area contributed by atoms with E-state index >= 15 is 0 Å². The second-order valence-corrected chi connectivity index (χ2v) is 9.06. The number of nitriles is 1. The number of alkyl halides is 4. The lowest BCUT2D eigenvalue weighted by Gasteiger charge is -2.22. The van der Waals surface area contributed by atoms with Crippen LogP contribution in [0, 0.1) is 11.3 Å². The Morgan fingerprint density at radius 1 is 1.18 bits per heavy atom. The number of hydrogen-bond acceptors (Lipinski definition) is 7. The lowest BCUT2D eigenvalue weighted by atomic mass is 10.0. The van der Waals surface area contributed by atoms with Crippen LogP contribution in [0.5, 0.6) is 5.75 Å². The summed E-state index contributed by atoms with van der Waals surface area (Å²) in [4.78, 5) is 17.3. The van der Waals surface area contributed by atoms with Crippen molar-refractivity contribution < 1.29 is 32.2 Å². The smallest absolute Gasteiger partial charge is 0.406 e. The summed E-state index contributed by atoms with van der Waals surface area (Å²) in [5.74, 6) is -1.21. The monoisotopic (exact) mass is 542 g/mol. The number of nitrogens with one attached hydrogen (secondary N) is 2. The first-order chi connectivity index (χ1) is 18.3. The van der Waals surface area contributed by atoms with E-state index in [4.69, 9.17) is 5.26 Å². The first kappa shape index (κ1) is 27.3. The molecular weight excluding hydrogens is 520 g/mol. The molecule has 202 valence electrons. The van der Waals surface area contributed by atoms with Crippen LogP contribution >= 0.6 is 0 Å². The van der Waals surface area contributed by atoms with E-state index < -0.39 is 36.3 Å². The van der Waals surface area contributed by atoms with Gasteiger partial charge in [0.25, 0.3) is 5.91 Å². The SMILES string of the molecule is CC(C)(O)C(F)CNC(=O)c1cnc(-c2ccc3cc(C#N)cnn23)cc1Nc1cccc(OC(F)(F)F)c1. The zero-order valence-electron chi connectivity index (χ0n) is 20.6. The summed E-state index contributed by atoms with van der Waals surface area (Å²) in [6, 6.07) is 13.5. The molecule has 13 heteroatoms. The van der Waals surface area contributed by atoms with E-state index in [2.05, 4.69) is 25.5 Å². The Labute approximate surface area is 219 Å². The molecule has 0 saturated carbocycles. The molecule has 0 aliphatic heterocycles. The Balaban J connectivity index is 1.72. The number of pyridine rings is 1. The summed E-state index contributed by atoms with van der Waals surface area (Å²) in [6.45, 7) is 2.03. The predicted octanol–water partition coefficient (Wildman–Crippen LogP) is 4.75. The van der Waals surface area contributed by atoms with Gasteiger partial charge in [-0.25, -0.2) is 8.91 Å². The number of aliphatic hydroxyl groups is 1. The molecule has 39 heavy (non-hydrogen) atoms. The molecule has 0 saturated heterocycles. The van der Waals surface area contributed by atoms with Gasteiger partial charge in [0.2, 0.25) is 0 Å². The van der Waals surface area contributed by atoms with E-state index in [1.165, 1.54) is 49.0 Å². The minimum absolute atomic E-state index is 0.0376. The van der Waals surface area contributed by atoms with Crippen molar-refractivity contribution in [3.63, 3.8) is 0 Å². The van der Waals surface area contributed by atoms with Gasteiger partial charge in [0.05, 0.1) is 52.1 Å². The molecule has 0 radical (unpaired) electrons. The second kappa shape index (κ2) is 10.6. The van der Waals surface area contributed by atoms with Crippen LogP contribution in [0.15, 0.2) is 60.9 Å². The molecule has 9 nitrogen and oxygen atoms in total. The first-order valence-electron chi connectivity index (χ1n) is 11.5. The zero-order chi connectivity index (χ0) is 28.4. The van der Waals surface area contributed by atoms with Crippen LogP contribution in [0.2, 0.25) is 0 Å². The number of anilines is 2. The highest BCUT2D eigenvalue weighted by Gasteiger charge is 2.31. The molecule has 0 fully saturated rings. The molecule has 1 unspecified atom stereocenters. The van der Waals surface area contributed by atoms with E-state index in [1.807, 2.05) is 6.07 Å². The highest BCUT2D eigenvalue weighted by Crippen LogP contribution is 2.30. The van der Waals surface area contributed by atoms with E-state index in [0.29, 0.717) is 22.5 Å². The number of hydrogen-bond donors (Lipinski definition) is 3. The fraction of sp³-hybridized carbons (Fsp3) is 0.231. The fourth-order valence-corrected chi connectivity index (χ4v) is 3.59. The number of ether oxygens (including phenoxy) is 1. The van der Waals surface area contributed by atoms with Crippen LogP contribution in [0.3, 0.4) is 0 Å². The minimum atomic E-state index is -4.90. The van der Waals surface area contributed by atoms with Crippen LogP contribution in [0.4, 0.5) is 28.9 Å². The van der Waals surface area contributed by atoms with Crippen LogP contribution < -0.4 is 15.4 Å². The van der Waals surface area contributed by atoms with E-state index in [0.717, 1.165) is 12.1 Å². The summed E-state index contributed by atoms with van der Waals surface area (Å²) in [7, 11) is 0. The zero-order valence-corrected chi connectivity index (χ0v) is 20.6. The maximum Gasteiger partial charge on any atom is 0.573 e. The van der Waals surface area contributed by atoms with Crippen LogP contribution in [-0.4, -0.2) is 50.3 Å². The summed E-state index contributed by atoms with van der Waals surface area (Å²) < 4.78 is 57.9. The van der Waals surface area contributed by atoms with Gasteiger partial charge in [0, 0.05) is 18.0 Å². The molecule has 3 N–H and O–H groups in total. The minimum Gasteiger partial charge on any atom is -0.406 e. The average molecular weight is 542 g/mol.